The molecular weight excluding hydrogens is 308 g/mol. The molecule has 0 saturated carbocycles. The van der Waals surface area contributed by atoms with E-state index in [9.17, 15) is 0 Å². The van der Waals surface area contributed by atoms with Crippen molar-refractivity contribution >= 4 is 21.6 Å². The lowest BCUT2D eigenvalue weighted by atomic mass is 10.2. The summed E-state index contributed by atoms with van der Waals surface area (Å²) >= 11 is 3.51. The molecule has 0 fully saturated rings. The van der Waals surface area contributed by atoms with Gasteiger partial charge >= 0.3 is 0 Å². The van der Waals surface area contributed by atoms with E-state index in [4.69, 9.17) is 5.11 Å². The average Bonchev–Trinajstić information content (AvgIpc) is 2.86. The topological polar surface area (TPSA) is 63.0 Å². The van der Waals surface area contributed by atoms with Crippen LogP contribution in [0.4, 0.5) is 5.69 Å². The molecule has 1 heterocycles. The standard InChI is InChI=1S/C13H17BrN4O/c1-10-3-4-11(7-13(10)14)15-8-12-9-18(17-16-12)5-2-6-19/h3-4,7,9,15,19H,2,5-6,8H2,1H3. The molecule has 0 unspecified atom stereocenters. The first-order chi connectivity index (χ1) is 9.19. The molecule has 1 aromatic carbocycles. The van der Waals surface area contributed by atoms with Crippen molar-refractivity contribution in [2.75, 3.05) is 11.9 Å². The van der Waals surface area contributed by atoms with Gasteiger partial charge in [0.05, 0.1) is 12.7 Å². The molecule has 5 nitrogen and oxygen atoms in total. The highest BCUT2D eigenvalue weighted by Crippen LogP contribution is 2.20. The molecule has 19 heavy (non-hydrogen) atoms. The van der Waals surface area contributed by atoms with Crippen LogP contribution in [-0.4, -0.2) is 26.7 Å². The van der Waals surface area contributed by atoms with Gasteiger partial charge in [-0.25, -0.2) is 0 Å². The van der Waals surface area contributed by atoms with Crippen LogP contribution in [0.2, 0.25) is 0 Å². The first-order valence-corrected chi connectivity index (χ1v) is 6.98. The van der Waals surface area contributed by atoms with Crippen LogP contribution in [0.25, 0.3) is 0 Å². The zero-order valence-electron chi connectivity index (χ0n) is 10.8. The maximum atomic E-state index is 8.76. The van der Waals surface area contributed by atoms with Gasteiger partial charge in [0.15, 0.2) is 0 Å². The Labute approximate surface area is 120 Å². The molecule has 0 spiro atoms. The number of aliphatic hydroxyl groups is 1. The van der Waals surface area contributed by atoms with Crippen molar-refractivity contribution < 1.29 is 5.11 Å². The van der Waals surface area contributed by atoms with Crippen LogP contribution in [0.15, 0.2) is 28.9 Å². The van der Waals surface area contributed by atoms with E-state index in [1.54, 1.807) is 4.68 Å². The second-order valence-electron chi connectivity index (χ2n) is 4.37. The Hall–Kier alpha value is -1.40. The summed E-state index contributed by atoms with van der Waals surface area (Å²) in [6.45, 7) is 3.56. The van der Waals surface area contributed by atoms with Crippen molar-refractivity contribution in [2.24, 2.45) is 0 Å². The van der Waals surface area contributed by atoms with Crippen molar-refractivity contribution in [3.63, 3.8) is 0 Å². The second kappa shape index (κ2) is 6.68. The van der Waals surface area contributed by atoms with Crippen LogP contribution in [-0.2, 0) is 13.1 Å². The van der Waals surface area contributed by atoms with Gasteiger partial charge in [-0.3, -0.25) is 4.68 Å². The van der Waals surface area contributed by atoms with Crippen LogP contribution in [0, 0.1) is 6.92 Å². The van der Waals surface area contributed by atoms with Crippen molar-refractivity contribution in [1.29, 1.82) is 0 Å². The van der Waals surface area contributed by atoms with Gasteiger partial charge in [-0.1, -0.05) is 27.2 Å². The number of hydrogen-bond acceptors (Lipinski definition) is 4. The lowest BCUT2D eigenvalue weighted by Gasteiger charge is -2.06. The monoisotopic (exact) mass is 324 g/mol. The minimum Gasteiger partial charge on any atom is -0.396 e. The second-order valence-corrected chi connectivity index (χ2v) is 5.22. The molecule has 0 saturated heterocycles. The fraction of sp³-hybridized carbons (Fsp3) is 0.385. The van der Waals surface area contributed by atoms with Gasteiger partial charge in [0.25, 0.3) is 0 Å². The number of hydrogen-bond donors (Lipinski definition) is 2. The number of benzene rings is 1. The number of anilines is 1. The number of aryl methyl sites for hydroxylation is 2. The van der Waals surface area contributed by atoms with Gasteiger partial charge < -0.3 is 10.4 Å². The fourth-order valence-corrected chi connectivity index (χ4v) is 2.04. The Morgan fingerprint density at radius 1 is 1.42 bits per heavy atom. The van der Waals surface area contributed by atoms with E-state index in [2.05, 4.69) is 44.5 Å². The molecular formula is C13H17BrN4O. The Bertz CT molecular complexity index is 541. The summed E-state index contributed by atoms with van der Waals surface area (Å²) in [5, 5.41) is 20.1. The van der Waals surface area contributed by atoms with Crippen molar-refractivity contribution in [1.82, 2.24) is 15.0 Å². The molecule has 0 aliphatic carbocycles. The van der Waals surface area contributed by atoms with E-state index in [-0.39, 0.29) is 6.61 Å². The van der Waals surface area contributed by atoms with Crippen molar-refractivity contribution in [2.45, 2.75) is 26.4 Å². The Morgan fingerprint density at radius 2 is 2.26 bits per heavy atom. The minimum absolute atomic E-state index is 0.171. The molecule has 2 N–H and O–H groups in total. The molecule has 0 aliphatic heterocycles. The fourth-order valence-electron chi connectivity index (χ4n) is 1.66. The molecule has 2 rings (SSSR count). The number of nitrogens with zero attached hydrogens (tertiary/aromatic N) is 3. The quantitative estimate of drug-likeness (QED) is 0.856. The van der Waals surface area contributed by atoms with E-state index in [0.717, 1.165) is 15.9 Å². The third-order valence-corrected chi connectivity index (χ3v) is 3.63. The van der Waals surface area contributed by atoms with Crippen molar-refractivity contribution in [3.05, 3.63) is 40.1 Å². The molecule has 0 aliphatic rings. The maximum absolute atomic E-state index is 8.76. The number of nitrogens with one attached hydrogen (secondary N) is 1. The third-order valence-electron chi connectivity index (χ3n) is 2.78. The summed E-state index contributed by atoms with van der Waals surface area (Å²) in [4.78, 5) is 0. The van der Waals surface area contributed by atoms with E-state index in [0.29, 0.717) is 19.5 Å². The third kappa shape index (κ3) is 4.04. The first-order valence-electron chi connectivity index (χ1n) is 6.19. The summed E-state index contributed by atoms with van der Waals surface area (Å²) in [6, 6.07) is 6.15. The number of halogens is 1. The van der Waals surface area contributed by atoms with Crippen LogP contribution in [0.1, 0.15) is 17.7 Å². The molecule has 0 amide bonds. The van der Waals surface area contributed by atoms with E-state index in [1.807, 2.05) is 18.3 Å². The smallest absolute Gasteiger partial charge is 0.102 e. The Morgan fingerprint density at radius 3 is 3.00 bits per heavy atom. The van der Waals surface area contributed by atoms with Crippen LogP contribution < -0.4 is 5.32 Å². The van der Waals surface area contributed by atoms with Crippen LogP contribution in [0.3, 0.4) is 0 Å². The zero-order chi connectivity index (χ0) is 13.7. The van der Waals surface area contributed by atoms with Crippen LogP contribution in [0.5, 0.6) is 0 Å². The van der Waals surface area contributed by atoms with Gasteiger partial charge in [-0.05, 0) is 31.0 Å². The van der Waals surface area contributed by atoms with Gasteiger partial charge in [0, 0.05) is 23.3 Å². The summed E-state index contributed by atoms with van der Waals surface area (Å²) in [5.41, 5.74) is 3.14. The van der Waals surface area contributed by atoms with Gasteiger partial charge in [0.1, 0.15) is 5.69 Å². The molecule has 1 aromatic heterocycles. The first kappa shape index (κ1) is 14.0. The number of rotatable bonds is 6. The molecule has 0 atom stereocenters. The molecule has 102 valence electrons. The number of aliphatic hydroxyl groups excluding tert-OH is 1. The van der Waals surface area contributed by atoms with Gasteiger partial charge in [-0.2, -0.15) is 0 Å². The molecule has 6 heteroatoms. The summed E-state index contributed by atoms with van der Waals surface area (Å²) in [5.74, 6) is 0. The predicted octanol–water partition coefficient (Wildman–Crippen LogP) is 2.34. The summed E-state index contributed by atoms with van der Waals surface area (Å²) in [7, 11) is 0. The number of aromatic nitrogens is 3. The van der Waals surface area contributed by atoms with Crippen LogP contribution >= 0.6 is 15.9 Å². The largest absolute Gasteiger partial charge is 0.396 e. The summed E-state index contributed by atoms with van der Waals surface area (Å²) < 4.78 is 2.84. The zero-order valence-corrected chi connectivity index (χ0v) is 12.4. The highest BCUT2D eigenvalue weighted by atomic mass is 79.9. The predicted molar refractivity (Wildman–Crippen MR) is 77.9 cm³/mol. The molecule has 0 radical (unpaired) electrons. The van der Waals surface area contributed by atoms with Gasteiger partial charge in [-0.15, -0.1) is 5.10 Å². The Balaban J connectivity index is 1.91. The van der Waals surface area contributed by atoms with Gasteiger partial charge in [0.2, 0.25) is 0 Å². The highest BCUT2D eigenvalue weighted by molar-refractivity contribution is 9.10. The SMILES string of the molecule is Cc1ccc(NCc2cn(CCCO)nn2)cc1Br. The molecule has 0 bridgehead atoms. The lowest BCUT2D eigenvalue weighted by molar-refractivity contribution is 0.276. The average molecular weight is 325 g/mol. The minimum atomic E-state index is 0.171. The summed E-state index contributed by atoms with van der Waals surface area (Å²) in [6.07, 6.45) is 2.59. The lowest BCUT2D eigenvalue weighted by Crippen LogP contribution is -2.01. The molecule has 2 aromatic rings. The Kier molecular flexibility index (Phi) is 4.93. The normalized spacial score (nSPS) is 10.7. The van der Waals surface area contributed by atoms with E-state index in [1.165, 1.54) is 5.56 Å². The van der Waals surface area contributed by atoms with Crippen molar-refractivity contribution in [3.8, 4) is 0 Å². The maximum Gasteiger partial charge on any atom is 0.102 e. The van der Waals surface area contributed by atoms with E-state index < -0.39 is 0 Å². The highest BCUT2D eigenvalue weighted by Gasteiger charge is 2.02. The van der Waals surface area contributed by atoms with E-state index >= 15 is 0 Å².